The van der Waals surface area contributed by atoms with Crippen molar-refractivity contribution in [2.75, 3.05) is 6.61 Å². The summed E-state index contributed by atoms with van der Waals surface area (Å²) in [4.78, 5) is 0. The average Bonchev–Trinajstić information content (AvgIpc) is 2.32. The molecule has 2 nitrogen and oxygen atoms in total. The highest BCUT2D eigenvalue weighted by atomic mass is 16.5. The van der Waals surface area contributed by atoms with Gasteiger partial charge in [0.2, 0.25) is 0 Å². The van der Waals surface area contributed by atoms with Gasteiger partial charge in [-0.15, -0.1) is 0 Å². The minimum atomic E-state index is 0.311. The van der Waals surface area contributed by atoms with Crippen LogP contribution >= 0.6 is 0 Å². The standard InChI is InChI=1S/C15H24O2/c1-3-4-5-6-7-8-11-17-14-10-9-13(2)15(16)12-14/h9-10,12,16H,3-8,11H2,1-2H3. The van der Waals surface area contributed by atoms with Gasteiger partial charge in [-0.1, -0.05) is 45.1 Å². The molecule has 1 aromatic rings. The Labute approximate surface area is 105 Å². The summed E-state index contributed by atoms with van der Waals surface area (Å²) in [7, 11) is 0. The largest absolute Gasteiger partial charge is 0.508 e. The highest BCUT2D eigenvalue weighted by Crippen LogP contribution is 2.22. The van der Waals surface area contributed by atoms with Crippen molar-refractivity contribution in [1.29, 1.82) is 0 Å². The minimum Gasteiger partial charge on any atom is -0.508 e. The van der Waals surface area contributed by atoms with Crippen molar-refractivity contribution in [2.24, 2.45) is 0 Å². The summed E-state index contributed by atoms with van der Waals surface area (Å²) in [5.41, 5.74) is 0.886. The van der Waals surface area contributed by atoms with Crippen LogP contribution in [0.2, 0.25) is 0 Å². The molecule has 96 valence electrons. The highest BCUT2D eigenvalue weighted by Gasteiger charge is 1.99. The van der Waals surface area contributed by atoms with Crippen molar-refractivity contribution in [3.8, 4) is 11.5 Å². The first-order valence-corrected chi connectivity index (χ1v) is 6.66. The molecule has 0 radical (unpaired) electrons. The first-order chi connectivity index (χ1) is 8.24. The molecule has 1 N–H and O–H groups in total. The number of aromatic hydroxyl groups is 1. The topological polar surface area (TPSA) is 29.5 Å². The number of phenols is 1. The van der Waals surface area contributed by atoms with E-state index in [-0.39, 0.29) is 0 Å². The molecular formula is C15H24O2. The predicted octanol–water partition coefficient (Wildman–Crippen LogP) is 4.44. The van der Waals surface area contributed by atoms with E-state index in [9.17, 15) is 5.11 Å². The Kier molecular flexibility index (Phi) is 6.53. The van der Waals surface area contributed by atoms with Gasteiger partial charge in [0.25, 0.3) is 0 Å². The summed E-state index contributed by atoms with van der Waals surface area (Å²) in [6.07, 6.45) is 7.60. The van der Waals surface area contributed by atoms with Gasteiger partial charge in [0, 0.05) is 6.07 Å². The van der Waals surface area contributed by atoms with Gasteiger partial charge in [0.15, 0.2) is 0 Å². The normalized spacial score (nSPS) is 10.5. The van der Waals surface area contributed by atoms with E-state index in [1.165, 1.54) is 32.1 Å². The van der Waals surface area contributed by atoms with E-state index < -0.39 is 0 Å². The molecule has 0 heterocycles. The quantitative estimate of drug-likeness (QED) is 0.676. The molecule has 0 aliphatic carbocycles. The van der Waals surface area contributed by atoms with Crippen LogP contribution in [0, 0.1) is 6.92 Å². The smallest absolute Gasteiger partial charge is 0.122 e. The Morgan fingerprint density at radius 1 is 1.06 bits per heavy atom. The van der Waals surface area contributed by atoms with E-state index in [1.807, 2.05) is 19.1 Å². The number of hydrogen-bond donors (Lipinski definition) is 1. The molecule has 17 heavy (non-hydrogen) atoms. The van der Waals surface area contributed by atoms with Crippen LogP contribution < -0.4 is 4.74 Å². The van der Waals surface area contributed by atoms with Crippen molar-refractivity contribution >= 4 is 0 Å². The summed E-state index contributed by atoms with van der Waals surface area (Å²) >= 11 is 0. The maximum absolute atomic E-state index is 9.52. The Hall–Kier alpha value is -1.18. The third-order valence-corrected chi connectivity index (χ3v) is 2.95. The lowest BCUT2D eigenvalue weighted by Crippen LogP contribution is -1.97. The number of unbranched alkanes of at least 4 members (excludes halogenated alkanes) is 5. The van der Waals surface area contributed by atoms with E-state index in [0.29, 0.717) is 5.75 Å². The number of ether oxygens (including phenoxy) is 1. The number of aryl methyl sites for hydroxylation is 1. The zero-order valence-corrected chi connectivity index (χ0v) is 11.0. The molecule has 0 bridgehead atoms. The lowest BCUT2D eigenvalue weighted by atomic mass is 10.1. The summed E-state index contributed by atoms with van der Waals surface area (Å²) in [5, 5.41) is 9.52. The molecule has 0 saturated carbocycles. The highest BCUT2D eigenvalue weighted by molar-refractivity contribution is 5.38. The molecule has 0 spiro atoms. The fraction of sp³-hybridized carbons (Fsp3) is 0.600. The Bertz CT molecular complexity index is 321. The molecule has 0 aliphatic heterocycles. The fourth-order valence-corrected chi connectivity index (χ4v) is 1.75. The van der Waals surface area contributed by atoms with Gasteiger partial charge in [0.1, 0.15) is 11.5 Å². The van der Waals surface area contributed by atoms with Crippen molar-refractivity contribution in [3.05, 3.63) is 23.8 Å². The maximum Gasteiger partial charge on any atom is 0.122 e. The summed E-state index contributed by atoms with van der Waals surface area (Å²) in [6, 6.07) is 5.48. The molecule has 1 aromatic carbocycles. The fourth-order valence-electron chi connectivity index (χ4n) is 1.75. The monoisotopic (exact) mass is 236 g/mol. The Balaban J connectivity index is 2.11. The van der Waals surface area contributed by atoms with Gasteiger partial charge in [-0.3, -0.25) is 0 Å². The Morgan fingerprint density at radius 3 is 2.47 bits per heavy atom. The van der Waals surface area contributed by atoms with E-state index in [4.69, 9.17) is 4.74 Å². The second-order valence-corrected chi connectivity index (χ2v) is 4.56. The first-order valence-electron chi connectivity index (χ1n) is 6.66. The number of hydrogen-bond acceptors (Lipinski definition) is 2. The van der Waals surface area contributed by atoms with Crippen LogP contribution in [0.1, 0.15) is 51.0 Å². The van der Waals surface area contributed by atoms with Gasteiger partial charge in [0.05, 0.1) is 6.61 Å². The van der Waals surface area contributed by atoms with Crippen molar-refractivity contribution in [1.82, 2.24) is 0 Å². The van der Waals surface area contributed by atoms with Crippen LogP contribution in [-0.4, -0.2) is 11.7 Å². The van der Waals surface area contributed by atoms with Crippen LogP contribution in [0.4, 0.5) is 0 Å². The van der Waals surface area contributed by atoms with Gasteiger partial charge in [-0.25, -0.2) is 0 Å². The first kappa shape index (κ1) is 13.9. The lowest BCUT2D eigenvalue weighted by Gasteiger charge is -2.07. The van der Waals surface area contributed by atoms with E-state index in [1.54, 1.807) is 6.07 Å². The van der Waals surface area contributed by atoms with Crippen LogP contribution in [0.5, 0.6) is 11.5 Å². The molecule has 0 atom stereocenters. The lowest BCUT2D eigenvalue weighted by molar-refractivity contribution is 0.302. The zero-order valence-electron chi connectivity index (χ0n) is 11.0. The van der Waals surface area contributed by atoms with E-state index in [2.05, 4.69) is 6.92 Å². The van der Waals surface area contributed by atoms with Crippen molar-refractivity contribution < 1.29 is 9.84 Å². The number of benzene rings is 1. The van der Waals surface area contributed by atoms with Crippen molar-refractivity contribution in [3.63, 3.8) is 0 Å². The molecular weight excluding hydrogens is 212 g/mol. The van der Waals surface area contributed by atoms with Crippen molar-refractivity contribution in [2.45, 2.75) is 52.4 Å². The van der Waals surface area contributed by atoms with Gasteiger partial charge in [-0.05, 0) is 25.0 Å². The molecule has 0 fully saturated rings. The molecule has 1 rings (SSSR count). The molecule has 0 saturated heterocycles. The van der Waals surface area contributed by atoms with Crippen LogP contribution in [0.15, 0.2) is 18.2 Å². The predicted molar refractivity (Wildman–Crippen MR) is 71.7 cm³/mol. The van der Waals surface area contributed by atoms with E-state index >= 15 is 0 Å². The third-order valence-electron chi connectivity index (χ3n) is 2.95. The second kappa shape index (κ2) is 7.99. The second-order valence-electron chi connectivity index (χ2n) is 4.56. The van der Waals surface area contributed by atoms with Crippen LogP contribution in [0.25, 0.3) is 0 Å². The van der Waals surface area contributed by atoms with E-state index in [0.717, 1.165) is 24.3 Å². The molecule has 0 unspecified atom stereocenters. The van der Waals surface area contributed by atoms with Gasteiger partial charge in [-0.2, -0.15) is 0 Å². The number of phenolic OH excluding ortho intramolecular Hbond substituents is 1. The third kappa shape index (κ3) is 5.62. The summed E-state index contributed by atoms with van der Waals surface area (Å²) in [5.74, 6) is 1.08. The molecule has 0 aromatic heterocycles. The van der Waals surface area contributed by atoms with Crippen LogP contribution in [0.3, 0.4) is 0 Å². The SMILES string of the molecule is CCCCCCCCOc1ccc(C)c(O)c1. The molecule has 0 aliphatic rings. The Morgan fingerprint density at radius 2 is 1.76 bits per heavy atom. The van der Waals surface area contributed by atoms with Gasteiger partial charge < -0.3 is 9.84 Å². The molecule has 0 amide bonds. The number of rotatable bonds is 8. The minimum absolute atomic E-state index is 0.311. The molecule has 2 heteroatoms. The summed E-state index contributed by atoms with van der Waals surface area (Å²) < 4.78 is 5.59. The summed E-state index contributed by atoms with van der Waals surface area (Å²) in [6.45, 7) is 4.86. The maximum atomic E-state index is 9.52. The zero-order chi connectivity index (χ0) is 12.5. The van der Waals surface area contributed by atoms with Gasteiger partial charge >= 0.3 is 0 Å². The average molecular weight is 236 g/mol. The van der Waals surface area contributed by atoms with Crippen LogP contribution in [-0.2, 0) is 0 Å².